The molecule has 0 spiro atoms. The number of aromatic nitrogens is 2. The second kappa shape index (κ2) is 6.55. The topological polar surface area (TPSA) is 140 Å². The normalized spacial score (nSPS) is 22.3. The maximum absolute atomic E-state index is 13.4. The summed E-state index contributed by atoms with van der Waals surface area (Å²) in [6, 6.07) is 4.16. The molecule has 144 valence electrons. The fourth-order valence-electron chi connectivity index (χ4n) is 3.11. The smallest absolute Gasteiger partial charge is 0.202 e. The summed E-state index contributed by atoms with van der Waals surface area (Å²) in [4.78, 5) is 4.39. The molecule has 12 heteroatoms. The highest BCUT2D eigenvalue weighted by Gasteiger charge is 2.33. The zero-order valence-electron chi connectivity index (χ0n) is 14.3. The third kappa shape index (κ3) is 3.38. The number of aliphatic imine (C=N–C) groups is 1. The van der Waals surface area contributed by atoms with Gasteiger partial charge in [0.25, 0.3) is 0 Å². The molecule has 27 heavy (non-hydrogen) atoms. The minimum Gasteiger partial charge on any atom is -0.360 e. The average Bonchev–Trinajstić information content (AvgIpc) is 3.00. The first-order valence-corrected chi connectivity index (χ1v) is 10.1. The predicted molar refractivity (Wildman–Crippen MR) is 94.4 cm³/mol. The summed E-state index contributed by atoms with van der Waals surface area (Å²) < 4.78 is 38.9. The maximum Gasteiger partial charge on any atom is 0.202 e. The van der Waals surface area contributed by atoms with Gasteiger partial charge in [0.05, 0.1) is 12.1 Å². The quantitative estimate of drug-likeness (QED) is 0.335. The Labute approximate surface area is 154 Å². The standard InChI is InChI=1S/C15H18FN7O3S/c1-27(17,25)23-6-10(7-23)18-15-13(21-26-22-15)14(20-24)19-12-4-8-2-3-9(16)5-11(8)12/h2-3,5,10,12,17,24H,4,6-7H2,1H3,(H,18,22)(H,19,20)/t12-,27-/m0/s1. The van der Waals surface area contributed by atoms with Crippen LogP contribution in [-0.2, 0) is 16.3 Å². The van der Waals surface area contributed by atoms with E-state index < -0.39 is 9.92 Å². The first kappa shape index (κ1) is 17.8. The van der Waals surface area contributed by atoms with Gasteiger partial charge in [0.1, 0.15) is 15.7 Å². The number of anilines is 1. The van der Waals surface area contributed by atoms with Gasteiger partial charge in [-0.1, -0.05) is 6.07 Å². The molecule has 1 aliphatic carbocycles. The minimum absolute atomic E-state index is 0.0506. The SMILES string of the molecule is C[S@@](=N)(=O)N1CC(Nc2nonc2C(=N[C@H]2Cc3ccc(F)cc32)NO)C1. The van der Waals surface area contributed by atoms with Crippen molar-refractivity contribution in [2.45, 2.75) is 18.5 Å². The van der Waals surface area contributed by atoms with E-state index in [9.17, 15) is 13.8 Å². The Morgan fingerprint density at radius 3 is 2.96 bits per heavy atom. The van der Waals surface area contributed by atoms with Crippen molar-refractivity contribution in [3.63, 3.8) is 0 Å². The minimum atomic E-state index is -2.73. The van der Waals surface area contributed by atoms with E-state index in [0.29, 0.717) is 19.5 Å². The monoisotopic (exact) mass is 395 g/mol. The van der Waals surface area contributed by atoms with Crippen LogP contribution in [0.15, 0.2) is 27.8 Å². The van der Waals surface area contributed by atoms with Gasteiger partial charge in [-0.05, 0) is 40.0 Å². The summed E-state index contributed by atoms with van der Waals surface area (Å²) >= 11 is 0. The van der Waals surface area contributed by atoms with Crippen LogP contribution in [-0.4, -0.2) is 55.3 Å². The van der Waals surface area contributed by atoms with Gasteiger partial charge in [-0.25, -0.2) is 22.3 Å². The lowest BCUT2D eigenvalue weighted by Gasteiger charge is -2.38. The van der Waals surface area contributed by atoms with E-state index in [-0.39, 0.29) is 35.2 Å². The molecule has 1 fully saturated rings. The molecule has 2 atom stereocenters. The van der Waals surface area contributed by atoms with Gasteiger partial charge in [-0.3, -0.25) is 15.7 Å². The van der Waals surface area contributed by atoms with E-state index in [2.05, 4.69) is 20.6 Å². The number of rotatable bonds is 5. The van der Waals surface area contributed by atoms with Gasteiger partial charge >= 0.3 is 0 Å². The molecule has 2 heterocycles. The van der Waals surface area contributed by atoms with Gasteiger partial charge in [-0.15, -0.1) is 0 Å². The first-order valence-electron chi connectivity index (χ1n) is 8.19. The summed E-state index contributed by atoms with van der Waals surface area (Å²) in [6.07, 6.45) is 1.99. The van der Waals surface area contributed by atoms with Gasteiger partial charge in [0.15, 0.2) is 11.5 Å². The van der Waals surface area contributed by atoms with Crippen molar-refractivity contribution < 1.29 is 18.4 Å². The molecule has 4 rings (SSSR count). The molecule has 0 unspecified atom stereocenters. The molecule has 0 amide bonds. The second-order valence-corrected chi connectivity index (χ2v) is 8.73. The molecule has 2 aromatic rings. The largest absolute Gasteiger partial charge is 0.360 e. The summed E-state index contributed by atoms with van der Waals surface area (Å²) in [5.41, 5.74) is 3.95. The van der Waals surface area contributed by atoms with Crippen LogP contribution in [0, 0.1) is 10.6 Å². The molecule has 0 bridgehead atoms. The Morgan fingerprint density at radius 1 is 1.48 bits per heavy atom. The van der Waals surface area contributed by atoms with Crippen molar-refractivity contribution in [3.8, 4) is 0 Å². The van der Waals surface area contributed by atoms with Crippen LogP contribution in [0.25, 0.3) is 0 Å². The molecule has 1 aromatic carbocycles. The van der Waals surface area contributed by atoms with E-state index in [1.165, 1.54) is 22.7 Å². The van der Waals surface area contributed by atoms with Crippen molar-refractivity contribution in [3.05, 3.63) is 40.8 Å². The lowest BCUT2D eigenvalue weighted by atomic mass is 9.83. The van der Waals surface area contributed by atoms with Crippen molar-refractivity contribution in [1.29, 1.82) is 4.78 Å². The van der Waals surface area contributed by atoms with Gasteiger partial charge in [0.2, 0.25) is 5.82 Å². The molecule has 10 nitrogen and oxygen atoms in total. The molecule has 1 aliphatic heterocycles. The lowest BCUT2D eigenvalue weighted by molar-refractivity contribution is 0.232. The summed E-state index contributed by atoms with van der Waals surface area (Å²) in [7, 11) is -2.73. The van der Waals surface area contributed by atoms with Crippen LogP contribution < -0.4 is 10.8 Å². The number of fused-ring (bicyclic) bond motifs is 1. The number of hydrogen-bond donors (Lipinski definition) is 4. The number of hydroxylamine groups is 1. The van der Waals surface area contributed by atoms with Crippen LogP contribution in [0.5, 0.6) is 0 Å². The number of amidine groups is 1. The van der Waals surface area contributed by atoms with Crippen LogP contribution >= 0.6 is 0 Å². The van der Waals surface area contributed by atoms with Crippen molar-refractivity contribution in [2.24, 2.45) is 4.99 Å². The van der Waals surface area contributed by atoms with E-state index in [4.69, 9.17) is 9.41 Å². The third-order valence-corrected chi connectivity index (χ3v) is 5.95. The van der Waals surface area contributed by atoms with E-state index in [0.717, 1.165) is 11.1 Å². The summed E-state index contributed by atoms with van der Waals surface area (Å²) in [5, 5.41) is 20.1. The first-order chi connectivity index (χ1) is 12.8. The van der Waals surface area contributed by atoms with Gasteiger partial charge in [-0.2, -0.15) is 0 Å². The molecule has 0 radical (unpaired) electrons. The number of nitrogens with zero attached hydrogens (tertiary/aromatic N) is 4. The predicted octanol–water partition coefficient (Wildman–Crippen LogP) is 0.919. The van der Waals surface area contributed by atoms with Crippen molar-refractivity contribution >= 4 is 21.6 Å². The zero-order valence-corrected chi connectivity index (χ0v) is 15.2. The Morgan fingerprint density at radius 2 is 2.26 bits per heavy atom. The Bertz CT molecular complexity index is 1000. The molecular weight excluding hydrogens is 377 g/mol. The van der Waals surface area contributed by atoms with Gasteiger partial charge < -0.3 is 5.32 Å². The van der Waals surface area contributed by atoms with Crippen molar-refractivity contribution in [2.75, 3.05) is 24.7 Å². The van der Waals surface area contributed by atoms with E-state index in [1.54, 1.807) is 6.07 Å². The van der Waals surface area contributed by atoms with E-state index >= 15 is 0 Å². The van der Waals surface area contributed by atoms with E-state index in [1.807, 2.05) is 5.48 Å². The molecule has 4 N–H and O–H groups in total. The van der Waals surface area contributed by atoms with Gasteiger partial charge in [0, 0.05) is 19.3 Å². The summed E-state index contributed by atoms with van der Waals surface area (Å²) in [6.45, 7) is 0.832. The molecule has 2 aliphatic rings. The molecule has 0 saturated carbocycles. The molecule has 1 aromatic heterocycles. The number of nitrogens with one attached hydrogen (secondary N) is 3. The number of hydrogen-bond acceptors (Lipinski definition) is 8. The van der Waals surface area contributed by atoms with Crippen LogP contribution in [0.1, 0.15) is 22.9 Å². The average molecular weight is 395 g/mol. The second-order valence-electron chi connectivity index (χ2n) is 6.60. The van der Waals surface area contributed by atoms with Crippen molar-refractivity contribution in [1.82, 2.24) is 20.1 Å². The maximum atomic E-state index is 13.4. The summed E-state index contributed by atoms with van der Waals surface area (Å²) in [5.74, 6) is -0.0185. The van der Waals surface area contributed by atoms with Crippen LogP contribution in [0.2, 0.25) is 0 Å². The third-order valence-electron chi connectivity index (χ3n) is 4.67. The fraction of sp³-hybridized carbons (Fsp3) is 0.400. The zero-order chi connectivity index (χ0) is 19.2. The number of halogens is 1. The van der Waals surface area contributed by atoms with Crippen LogP contribution in [0.3, 0.4) is 0 Å². The Balaban J connectivity index is 1.49. The Kier molecular flexibility index (Phi) is 4.32. The molecule has 1 saturated heterocycles. The number of benzene rings is 1. The molecular formula is C15H18FN7O3S. The Hall–Kier alpha value is -2.57. The fourth-order valence-corrected chi connectivity index (χ4v) is 4.04. The highest BCUT2D eigenvalue weighted by molar-refractivity contribution is 7.89. The highest BCUT2D eigenvalue weighted by Crippen LogP contribution is 2.37. The lowest BCUT2D eigenvalue weighted by Crippen LogP contribution is -2.56. The highest BCUT2D eigenvalue weighted by atomic mass is 32.2. The van der Waals surface area contributed by atoms with Crippen LogP contribution in [0.4, 0.5) is 10.2 Å².